The van der Waals surface area contributed by atoms with E-state index in [4.69, 9.17) is 0 Å². The predicted octanol–water partition coefficient (Wildman–Crippen LogP) is 0.948. The number of aromatic amines is 1. The number of rotatable bonds is 5. The molecule has 2 N–H and O–H groups in total. The lowest BCUT2D eigenvalue weighted by atomic mass is 10.1. The molecule has 0 radical (unpaired) electrons. The van der Waals surface area contributed by atoms with Crippen molar-refractivity contribution in [1.82, 2.24) is 15.2 Å². The molecule has 1 atom stereocenters. The molecule has 106 valence electrons. The number of hydrogen-bond donors (Lipinski definition) is 2. The molecule has 5 heteroatoms. The SMILES string of the molecule is CNC(=O)C[C@H](C)N(C)Cc1[nH]cc(C)c(=O)c1C. The lowest BCUT2D eigenvalue weighted by Gasteiger charge is -2.24. The van der Waals surface area contributed by atoms with E-state index < -0.39 is 0 Å². The van der Waals surface area contributed by atoms with Gasteiger partial charge in [-0.1, -0.05) is 0 Å². The van der Waals surface area contributed by atoms with Gasteiger partial charge in [0, 0.05) is 49.1 Å². The van der Waals surface area contributed by atoms with Crippen LogP contribution in [-0.4, -0.2) is 35.9 Å². The Morgan fingerprint density at radius 3 is 2.68 bits per heavy atom. The van der Waals surface area contributed by atoms with E-state index in [0.717, 1.165) is 16.8 Å². The monoisotopic (exact) mass is 265 g/mol. The third kappa shape index (κ3) is 3.92. The van der Waals surface area contributed by atoms with E-state index in [1.807, 2.05) is 20.9 Å². The maximum Gasteiger partial charge on any atom is 0.221 e. The Morgan fingerprint density at radius 1 is 1.47 bits per heavy atom. The van der Waals surface area contributed by atoms with E-state index >= 15 is 0 Å². The topological polar surface area (TPSA) is 65.2 Å². The number of nitrogens with zero attached hydrogens (tertiary/aromatic N) is 1. The normalized spacial score (nSPS) is 12.5. The van der Waals surface area contributed by atoms with Gasteiger partial charge in [-0.15, -0.1) is 0 Å². The zero-order valence-electron chi connectivity index (χ0n) is 12.3. The second-order valence-corrected chi connectivity index (χ2v) is 5.05. The Labute approximate surface area is 114 Å². The van der Waals surface area contributed by atoms with Crippen molar-refractivity contribution in [1.29, 1.82) is 0 Å². The summed E-state index contributed by atoms with van der Waals surface area (Å²) < 4.78 is 0. The van der Waals surface area contributed by atoms with Gasteiger partial charge in [-0.2, -0.15) is 0 Å². The Kier molecular flexibility index (Phi) is 5.30. The highest BCUT2D eigenvalue weighted by Gasteiger charge is 2.15. The minimum absolute atomic E-state index is 0.0217. The Morgan fingerprint density at radius 2 is 2.11 bits per heavy atom. The highest BCUT2D eigenvalue weighted by molar-refractivity contribution is 5.76. The van der Waals surface area contributed by atoms with E-state index in [1.165, 1.54) is 0 Å². The third-order valence-electron chi connectivity index (χ3n) is 3.53. The lowest BCUT2D eigenvalue weighted by Crippen LogP contribution is -2.34. The molecular formula is C14H23N3O2. The first-order chi connectivity index (χ1) is 8.86. The molecule has 5 nitrogen and oxygen atoms in total. The number of pyridine rings is 1. The first kappa shape index (κ1) is 15.4. The average molecular weight is 265 g/mol. The summed E-state index contributed by atoms with van der Waals surface area (Å²) in [6, 6.07) is 0.115. The maximum absolute atomic E-state index is 11.9. The van der Waals surface area contributed by atoms with Crippen LogP contribution in [0.4, 0.5) is 0 Å². The van der Waals surface area contributed by atoms with Crippen LogP contribution in [0.15, 0.2) is 11.0 Å². The summed E-state index contributed by atoms with van der Waals surface area (Å²) in [6.45, 7) is 6.25. The van der Waals surface area contributed by atoms with Gasteiger partial charge in [0.15, 0.2) is 5.43 Å². The fourth-order valence-electron chi connectivity index (χ4n) is 1.90. The van der Waals surface area contributed by atoms with Crippen LogP contribution in [0, 0.1) is 13.8 Å². The van der Waals surface area contributed by atoms with Crippen LogP contribution in [0.5, 0.6) is 0 Å². The molecule has 0 aliphatic rings. The van der Waals surface area contributed by atoms with Crippen molar-refractivity contribution in [2.24, 2.45) is 0 Å². The lowest BCUT2D eigenvalue weighted by molar-refractivity contribution is -0.121. The highest BCUT2D eigenvalue weighted by atomic mass is 16.1. The summed E-state index contributed by atoms with van der Waals surface area (Å²) in [4.78, 5) is 28.4. The molecule has 19 heavy (non-hydrogen) atoms. The van der Waals surface area contributed by atoms with Crippen molar-refractivity contribution in [2.75, 3.05) is 14.1 Å². The number of carbonyl (C=O) groups excluding carboxylic acids is 1. The number of amides is 1. The summed E-state index contributed by atoms with van der Waals surface area (Å²) in [5, 5.41) is 2.62. The molecule has 0 spiro atoms. The van der Waals surface area contributed by atoms with Crippen molar-refractivity contribution < 1.29 is 4.79 Å². The van der Waals surface area contributed by atoms with Crippen LogP contribution < -0.4 is 10.7 Å². The van der Waals surface area contributed by atoms with Gasteiger partial charge in [-0.3, -0.25) is 14.5 Å². The van der Waals surface area contributed by atoms with Crippen LogP contribution in [0.2, 0.25) is 0 Å². The van der Waals surface area contributed by atoms with Crippen molar-refractivity contribution >= 4 is 5.91 Å². The van der Waals surface area contributed by atoms with Crippen molar-refractivity contribution in [2.45, 2.75) is 39.8 Å². The summed E-state index contributed by atoms with van der Waals surface area (Å²) in [5.74, 6) is 0.0217. The standard InChI is InChI=1S/C14H23N3O2/c1-9-7-16-12(11(3)14(9)19)8-17(5)10(2)6-13(18)15-4/h7,10H,6,8H2,1-5H3,(H,15,18)(H,16,19)/t10-/m0/s1. The van der Waals surface area contributed by atoms with Crippen LogP contribution >= 0.6 is 0 Å². The van der Waals surface area contributed by atoms with Crippen LogP contribution in [-0.2, 0) is 11.3 Å². The minimum Gasteiger partial charge on any atom is -0.363 e. The molecule has 0 aromatic carbocycles. The summed E-state index contributed by atoms with van der Waals surface area (Å²) >= 11 is 0. The molecule has 0 fully saturated rings. The smallest absolute Gasteiger partial charge is 0.221 e. The largest absolute Gasteiger partial charge is 0.363 e. The Bertz CT molecular complexity index is 508. The van der Waals surface area contributed by atoms with Gasteiger partial charge >= 0.3 is 0 Å². The third-order valence-corrected chi connectivity index (χ3v) is 3.53. The summed E-state index contributed by atoms with van der Waals surface area (Å²) in [6.07, 6.45) is 2.18. The van der Waals surface area contributed by atoms with Crippen molar-refractivity contribution in [3.05, 3.63) is 33.2 Å². The van der Waals surface area contributed by atoms with Gasteiger partial charge in [-0.25, -0.2) is 0 Å². The highest BCUT2D eigenvalue weighted by Crippen LogP contribution is 2.09. The van der Waals surface area contributed by atoms with E-state index in [0.29, 0.717) is 13.0 Å². The number of H-pyrrole nitrogens is 1. The van der Waals surface area contributed by atoms with E-state index in [9.17, 15) is 9.59 Å². The van der Waals surface area contributed by atoms with Crippen molar-refractivity contribution in [3.8, 4) is 0 Å². The number of aromatic nitrogens is 1. The molecule has 1 aromatic rings. The molecule has 1 heterocycles. The predicted molar refractivity (Wildman–Crippen MR) is 76.1 cm³/mol. The fourth-order valence-corrected chi connectivity index (χ4v) is 1.90. The van der Waals surface area contributed by atoms with Gasteiger partial charge in [0.1, 0.15) is 0 Å². The zero-order valence-corrected chi connectivity index (χ0v) is 12.3. The quantitative estimate of drug-likeness (QED) is 0.833. The second-order valence-electron chi connectivity index (χ2n) is 5.05. The molecule has 0 aliphatic heterocycles. The Balaban J connectivity index is 2.77. The fraction of sp³-hybridized carbons (Fsp3) is 0.571. The van der Waals surface area contributed by atoms with Gasteiger partial charge in [0.2, 0.25) is 5.91 Å². The molecule has 0 aliphatic carbocycles. The molecule has 0 saturated heterocycles. The molecule has 1 rings (SSSR count). The van der Waals surface area contributed by atoms with Gasteiger partial charge < -0.3 is 10.3 Å². The van der Waals surface area contributed by atoms with Crippen LogP contribution in [0.25, 0.3) is 0 Å². The average Bonchev–Trinajstić information content (AvgIpc) is 2.39. The van der Waals surface area contributed by atoms with E-state index in [2.05, 4.69) is 15.2 Å². The molecule has 0 unspecified atom stereocenters. The summed E-state index contributed by atoms with van der Waals surface area (Å²) in [7, 11) is 3.59. The van der Waals surface area contributed by atoms with Crippen LogP contribution in [0.3, 0.4) is 0 Å². The van der Waals surface area contributed by atoms with Gasteiger partial charge in [0.05, 0.1) is 0 Å². The number of nitrogens with one attached hydrogen (secondary N) is 2. The Hall–Kier alpha value is -1.62. The number of carbonyl (C=O) groups is 1. The molecule has 1 amide bonds. The molecule has 1 aromatic heterocycles. The first-order valence-corrected chi connectivity index (χ1v) is 6.45. The van der Waals surface area contributed by atoms with Gasteiger partial charge in [0.25, 0.3) is 0 Å². The van der Waals surface area contributed by atoms with Crippen molar-refractivity contribution in [3.63, 3.8) is 0 Å². The molecular weight excluding hydrogens is 242 g/mol. The molecule has 0 bridgehead atoms. The van der Waals surface area contributed by atoms with E-state index in [1.54, 1.807) is 20.2 Å². The first-order valence-electron chi connectivity index (χ1n) is 6.45. The second kappa shape index (κ2) is 6.52. The van der Waals surface area contributed by atoms with Gasteiger partial charge in [-0.05, 0) is 27.8 Å². The number of hydrogen-bond acceptors (Lipinski definition) is 3. The summed E-state index contributed by atoms with van der Waals surface area (Å²) in [5.41, 5.74) is 2.46. The van der Waals surface area contributed by atoms with E-state index in [-0.39, 0.29) is 17.4 Å². The maximum atomic E-state index is 11.9. The minimum atomic E-state index is 0.0217. The number of aryl methyl sites for hydroxylation is 1. The molecule has 0 saturated carbocycles. The zero-order chi connectivity index (χ0) is 14.6. The van der Waals surface area contributed by atoms with Crippen LogP contribution in [0.1, 0.15) is 30.2 Å².